The molecule has 0 unspecified atom stereocenters. The predicted molar refractivity (Wildman–Crippen MR) is 75.4 cm³/mol. The van der Waals surface area contributed by atoms with Crippen LogP contribution in [0.5, 0.6) is 0 Å². The number of hydrogen-bond acceptors (Lipinski definition) is 1. The summed E-state index contributed by atoms with van der Waals surface area (Å²) in [6, 6.07) is 12.1. The minimum absolute atomic E-state index is 0.160. The van der Waals surface area contributed by atoms with E-state index in [9.17, 15) is 9.18 Å². The molecule has 3 rings (SSSR count). The molecule has 0 radical (unpaired) electrons. The monoisotopic (exact) mass is 269 g/mol. The normalized spacial score (nSPS) is 10.9. The Labute approximate surface area is 114 Å². The second-order valence-corrected chi connectivity index (χ2v) is 4.75. The molecule has 1 aromatic heterocycles. The summed E-state index contributed by atoms with van der Waals surface area (Å²) in [7, 11) is 0. The number of carboxylic acids is 1. The summed E-state index contributed by atoms with van der Waals surface area (Å²) in [6.45, 7) is 1.72. The largest absolute Gasteiger partial charge is 0.477 e. The molecule has 0 saturated carbocycles. The fraction of sp³-hybridized carbons (Fsp3) is 0.0625. The third-order valence-electron chi connectivity index (χ3n) is 3.34. The number of aryl methyl sites for hydroxylation is 1. The van der Waals surface area contributed by atoms with E-state index in [1.807, 2.05) is 18.2 Å². The lowest BCUT2D eigenvalue weighted by Gasteiger charge is -2.04. The first-order valence-corrected chi connectivity index (χ1v) is 6.17. The maximum atomic E-state index is 13.3. The van der Waals surface area contributed by atoms with Gasteiger partial charge in [0.2, 0.25) is 0 Å². The Hall–Kier alpha value is -2.62. The lowest BCUT2D eigenvalue weighted by molar-refractivity contribution is 0.0691. The number of benzene rings is 2. The number of hydrogen-bond donors (Lipinski definition) is 2. The van der Waals surface area contributed by atoms with Gasteiger partial charge in [-0.1, -0.05) is 12.1 Å². The van der Waals surface area contributed by atoms with Crippen molar-refractivity contribution < 1.29 is 14.3 Å². The first-order valence-electron chi connectivity index (χ1n) is 6.17. The lowest BCUT2D eigenvalue weighted by Crippen LogP contribution is -1.94. The molecule has 1 heterocycles. The summed E-state index contributed by atoms with van der Waals surface area (Å²) in [5, 5.41) is 9.79. The van der Waals surface area contributed by atoms with E-state index in [0.29, 0.717) is 5.56 Å². The number of halogens is 1. The van der Waals surface area contributed by atoms with E-state index in [4.69, 9.17) is 5.11 Å². The zero-order chi connectivity index (χ0) is 14.3. The molecule has 4 heteroatoms. The van der Waals surface area contributed by atoms with Crippen molar-refractivity contribution in [2.75, 3.05) is 0 Å². The van der Waals surface area contributed by atoms with E-state index in [1.165, 1.54) is 6.07 Å². The smallest absolute Gasteiger partial charge is 0.352 e. The van der Waals surface area contributed by atoms with Crippen molar-refractivity contribution in [1.82, 2.24) is 4.98 Å². The van der Waals surface area contributed by atoms with Gasteiger partial charge in [0.05, 0.1) is 0 Å². The molecule has 0 amide bonds. The van der Waals surface area contributed by atoms with Crippen LogP contribution in [0.2, 0.25) is 0 Å². The molecule has 0 fully saturated rings. The average Bonchev–Trinajstić information content (AvgIpc) is 2.85. The maximum absolute atomic E-state index is 13.3. The minimum Gasteiger partial charge on any atom is -0.477 e. The third-order valence-corrected chi connectivity index (χ3v) is 3.34. The molecule has 3 aromatic rings. The zero-order valence-electron chi connectivity index (χ0n) is 10.8. The number of rotatable bonds is 2. The van der Waals surface area contributed by atoms with Gasteiger partial charge < -0.3 is 10.1 Å². The summed E-state index contributed by atoms with van der Waals surface area (Å²) >= 11 is 0. The molecule has 0 aliphatic carbocycles. The van der Waals surface area contributed by atoms with Crippen LogP contribution >= 0.6 is 0 Å². The van der Waals surface area contributed by atoms with Crippen molar-refractivity contribution in [3.8, 4) is 11.1 Å². The number of carboxylic acid groups (broad SMARTS) is 1. The van der Waals surface area contributed by atoms with Crippen molar-refractivity contribution >= 4 is 16.9 Å². The number of aromatic nitrogens is 1. The van der Waals surface area contributed by atoms with Crippen LogP contribution in [-0.4, -0.2) is 16.1 Å². The van der Waals surface area contributed by atoms with Crippen molar-refractivity contribution in [3.05, 3.63) is 59.5 Å². The number of carbonyl (C=O) groups is 1. The number of fused-ring (bicyclic) bond motifs is 1. The quantitative estimate of drug-likeness (QED) is 0.739. The number of H-pyrrole nitrogens is 1. The molecule has 0 spiro atoms. The van der Waals surface area contributed by atoms with Crippen molar-refractivity contribution in [2.24, 2.45) is 0 Å². The maximum Gasteiger partial charge on any atom is 0.352 e. The number of aromatic amines is 1. The highest BCUT2D eigenvalue weighted by atomic mass is 19.1. The highest BCUT2D eigenvalue weighted by molar-refractivity contribution is 5.95. The molecule has 0 atom stereocenters. The Balaban J connectivity index is 2.12. The highest BCUT2D eigenvalue weighted by Gasteiger charge is 2.08. The van der Waals surface area contributed by atoms with Crippen LogP contribution in [0, 0.1) is 12.7 Å². The Kier molecular flexibility index (Phi) is 2.79. The number of aromatic carboxylic acids is 1. The second kappa shape index (κ2) is 4.49. The fourth-order valence-electron chi connectivity index (χ4n) is 2.25. The zero-order valence-corrected chi connectivity index (χ0v) is 10.8. The molecule has 0 aliphatic rings. The van der Waals surface area contributed by atoms with Crippen LogP contribution in [0.25, 0.3) is 22.0 Å². The van der Waals surface area contributed by atoms with Gasteiger partial charge in [-0.25, -0.2) is 9.18 Å². The summed E-state index contributed by atoms with van der Waals surface area (Å²) < 4.78 is 13.3. The van der Waals surface area contributed by atoms with Gasteiger partial charge in [0.15, 0.2) is 0 Å². The molecule has 20 heavy (non-hydrogen) atoms. The molecular formula is C16H12FNO2. The van der Waals surface area contributed by atoms with Crippen LogP contribution in [-0.2, 0) is 0 Å². The van der Waals surface area contributed by atoms with Gasteiger partial charge in [0, 0.05) is 10.9 Å². The Bertz CT molecular complexity index is 820. The van der Waals surface area contributed by atoms with Gasteiger partial charge >= 0.3 is 5.97 Å². The number of nitrogens with one attached hydrogen (secondary N) is 1. The standard InChI is InChI=1S/C16H12FNO2/c1-9-6-10(2-4-13(9)17)11-3-5-14-12(7-11)8-15(18-14)16(19)20/h2-8,18H,1H3,(H,19,20). The molecule has 100 valence electrons. The highest BCUT2D eigenvalue weighted by Crippen LogP contribution is 2.26. The van der Waals surface area contributed by atoms with Crippen LogP contribution in [0.15, 0.2) is 42.5 Å². The molecule has 3 nitrogen and oxygen atoms in total. The molecule has 0 saturated heterocycles. The second-order valence-electron chi connectivity index (χ2n) is 4.75. The lowest BCUT2D eigenvalue weighted by atomic mass is 10.0. The molecule has 2 N–H and O–H groups in total. The van der Waals surface area contributed by atoms with Crippen LogP contribution in [0.4, 0.5) is 4.39 Å². The van der Waals surface area contributed by atoms with Gasteiger partial charge in [-0.3, -0.25) is 0 Å². The van der Waals surface area contributed by atoms with Gasteiger partial charge in [-0.15, -0.1) is 0 Å². The van der Waals surface area contributed by atoms with E-state index in [1.54, 1.807) is 25.1 Å². The van der Waals surface area contributed by atoms with Crippen LogP contribution in [0.1, 0.15) is 16.1 Å². The van der Waals surface area contributed by atoms with Crippen LogP contribution < -0.4 is 0 Å². The van der Waals surface area contributed by atoms with Gasteiger partial charge in [0.25, 0.3) is 0 Å². The first kappa shape index (κ1) is 12.4. The van der Waals surface area contributed by atoms with E-state index in [2.05, 4.69) is 4.98 Å². The van der Waals surface area contributed by atoms with Crippen molar-refractivity contribution in [2.45, 2.75) is 6.92 Å². The van der Waals surface area contributed by atoms with Gasteiger partial charge in [0.1, 0.15) is 11.5 Å². The summed E-state index contributed by atoms with van der Waals surface area (Å²) in [6.07, 6.45) is 0. The molecular weight excluding hydrogens is 257 g/mol. The third kappa shape index (κ3) is 2.05. The van der Waals surface area contributed by atoms with Gasteiger partial charge in [-0.2, -0.15) is 0 Å². The summed E-state index contributed by atoms with van der Waals surface area (Å²) in [4.78, 5) is 13.8. The van der Waals surface area contributed by atoms with E-state index < -0.39 is 5.97 Å². The average molecular weight is 269 g/mol. The van der Waals surface area contributed by atoms with Crippen molar-refractivity contribution in [3.63, 3.8) is 0 Å². The van der Waals surface area contributed by atoms with Gasteiger partial charge in [-0.05, 0) is 53.9 Å². The minimum atomic E-state index is -0.986. The Morgan fingerprint density at radius 1 is 1.10 bits per heavy atom. The van der Waals surface area contributed by atoms with Crippen molar-refractivity contribution in [1.29, 1.82) is 0 Å². The Morgan fingerprint density at radius 3 is 2.50 bits per heavy atom. The molecule has 0 aliphatic heterocycles. The van der Waals surface area contributed by atoms with E-state index in [-0.39, 0.29) is 11.5 Å². The summed E-state index contributed by atoms with van der Waals surface area (Å²) in [5.41, 5.74) is 3.35. The predicted octanol–water partition coefficient (Wildman–Crippen LogP) is 3.98. The Morgan fingerprint density at radius 2 is 1.80 bits per heavy atom. The van der Waals surface area contributed by atoms with Crippen LogP contribution in [0.3, 0.4) is 0 Å². The first-order chi connectivity index (χ1) is 9.54. The topological polar surface area (TPSA) is 53.1 Å². The molecule has 0 bridgehead atoms. The van der Waals surface area contributed by atoms with E-state index >= 15 is 0 Å². The fourth-order valence-corrected chi connectivity index (χ4v) is 2.25. The van der Waals surface area contributed by atoms with E-state index in [0.717, 1.165) is 22.0 Å². The molecule has 2 aromatic carbocycles. The SMILES string of the molecule is Cc1cc(-c2ccc3[nH]c(C(=O)O)cc3c2)ccc1F. The summed E-state index contributed by atoms with van der Waals surface area (Å²) in [5.74, 6) is -1.22.